The summed E-state index contributed by atoms with van der Waals surface area (Å²) in [5.74, 6) is 0.653. The summed E-state index contributed by atoms with van der Waals surface area (Å²) in [6.07, 6.45) is 0.0368. The standard InChI is InChI=1S/C15H18N2O3/c1-10-11(2)20-14(17-10)9-16-8-13-6-4-3-5-12(13)7-15(18)19/h3-6,16H,7-9H2,1-2H3,(H,18,19). The number of nitrogens with one attached hydrogen (secondary N) is 1. The van der Waals surface area contributed by atoms with Crippen molar-refractivity contribution in [3.63, 3.8) is 0 Å². The van der Waals surface area contributed by atoms with Gasteiger partial charge >= 0.3 is 5.97 Å². The molecule has 106 valence electrons. The topological polar surface area (TPSA) is 75.4 Å². The second-order valence-corrected chi connectivity index (χ2v) is 4.69. The Labute approximate surface area is 117 Å². The van der Waals surface area contributed by atoms with Gasteiger partial charge in [-0.05, 0) is 25.0 Å². The minimum atomic E-state index is -0.823. The highest BCUT2D eigenvalue weighted by Crippen LogP contribution is 2.11. The van der Waals surface area contributed by atoms with Crippen LogP contribution < -0.4 is 5.32 Å². The maximum absolute atomic E-state index is 10.8. The van der Waals surface area contributed by atoms with Gasteiger partial charge in [0.1, 0.15) is 5.76 Å². The molecule has 0 aliphatic heterocycles. The van der Waals surface area contributed by atoms with E-state index in [-0.39, 0.29) is 6.42 Å². The van der Waals surface area contributed by atoms with Crippen molar-refractivity contribution in [3.05, 3.63) is 52.7 Å². The number of aliphatic carboxylic acids is 1. The third-order valence-electron chi connectivity index (χ3n) is 3.12. The maximum atomic E-state index is 10.8. The van der Waals surface area contributed by atoms with Crippen molar-refractivity contribution in [3.8, 4) is 0 Å². The Hall–Kier alpha value is -2.14. The molecule has 1 aromatic carbocycles. The number of hydrogen-bond donors (Lipinski definition) is 2. The number of oxazole rings is 1. The van der Waals surface area contributed by atoms with Gasteiger partial charge < -0.3 is 14.8 Å². The molecule has 0 bridgehead atoms. The summed E-state index contributed by atoms with van der Waals surface area (Å²) in [5.41, 5.74) is 2.70. The van der Waals surface area contributed by atoms with E-state index >= 15 is 0 Å². The van der Waals surface area contributed by atoms with E-state index in [0.717, 1.165) is 22.6 Å². The van der Waals surface area contributed by atoms with Crippen LogP contribution in [0.4, 0.5) is 0 Å². The molecule has 5 heteroatoms. The molecule has 0 fully saturated rings. The van der Waals surface area contributed by atoms with Crippen LogP contribution in [-0.4, -0.2) is 16.1 Å². The number of carbonyl (C=O) groups is 1. The zero-order valence-corrected chi connectivity index (χ0v) is 11.6. The smallest absolute Gasteiger partial charge is 0.307 e. The zero-order chi connectivity index (χ0) is 14.5. The lowest BCUT2D eigenvalue weighted by atomic mass is 10.0. The van der Waals surface area contributed by atoms with Gasteiger partial charge in [0, 0.05) is 6.54 Å². The first-order valence-corrected chi connectivity index (χ1v) is 6.48. The quantitative estimate of drug-likeness (QED) is 0.844. The number of rotatable bonds is 6. The number of aromatic nitrogens is 1. The molecule has 0 saturated heterocycles. The highest BCUT2D eigenvalue weighted by Gasteiger charge is 2.08. The average Bonchev–Trinajstić information content (AvgIpc) is 2.70. The third-order valence-corrected chi connectivity index (χ3v) is 3.12. The minimum absolute atomic E-state index is 0.0368. The summed E-state index contributed by atoms with van der Waals surface area (Å²) in [6, 6.07) is 7.52. The van der Waals surface area contributed by atoms with Gasteiger partial charge in [-0.15, -0.1) is 0 Å². The molecule has 0 unspecified atom stereocenters. The molecule has 0 radical (unpaired) electrons. The lowest BCUT2D eigenvalue weighted by Gasteiger charge is -2.08. The number of benzene rings is 1. The van der Waals surface area contributed by atoms with Crippen LogP contribution in [0.25, 0.3) is 0 Å². The molecule has 0 aliphatic carbocycles. The Kier molecular flexibility index (Phi) is 4.53. The van der Waals surface area contributed by atoms with Gasteiger partial charge in [-0.2, -0.15) is 0 Å². The molecule has 1 heterocycles. The van der Waals surface area contributed by atoms with Crippen molar-refractivity contribution in [1.29, 1.82) is 0 Å². The van der Waals surface area contributed by atoms with E-state index < -0.39 is 5.97 Å². The summed E-state index contributed by atoms with van der Waals surface area (Å²) < 4.78 is 5.48. The van der Waals surface area contributed by atoms with Crippen molar-refractivity contribution < 1.29 is 14.3 Å². The summed E-state index contributed by atoms with van der Waals surface area (Å²) >= 11 is 0. The molecule has 0 saturated carbocycles. The maximum Gasteiger partial charge on any atom is 0.307 e. The zero-order valence-electron chi connectivity index (χ0n) is 11.6. The third kappa shape index (κ3) is 3.68. The van der Waals surface area contributed by atoms with E-state index in [1.165, 1.54) is 0 Å². The molecule has 2 rings (SSSR count). The molecule has 2 N–H and O–H groups in total. The van der Waals surface area contributed by atoms with Crippen molar-refractivity contribution in [2.45, 2.75) is 33.4 Å². The predicted octanol–water partition coefficient (Wildman–Crippen LogP) is 2.21. The van der Waals surface area contributed by atoms with E-state index in [9.17, 15) is 4.79 Å². The highest BCUT2D eigenvalue weighted by atomic mass is 16.4. The largest absolute Gasteiger partial charge is 0.481 e. The van der Waals surface area contributed by atoms with Gasteiger partial charge in [0.2, 0.25) is 5.89 Å². The van der Waals surface area contributed by atoms with Gasteiger partial charge in [0.25, 0.3) is 0 Å². The van der Waals surface area contributed by atoms with E-state index in [0.29, 0.717) is 19.0 Å². The Balaban J connectivity index is 1.95. The molecule has 20 heavy (non-hydrogen) atoms. The van der Waals surface area contributed by atoms with Crippen LogP contribution in [0.15, 0.2) is 28.7 Å². The number of carboxylic acid groups (broad SMARTS) is 1. The van der Waals surface area contributed by atoms with E-state index in [2.05, 4.69) is 10.3 Å². The Bertz CT molecular complexity index is 585. The van der Waals surface area contributed by atoms with Crippen molar-refractivity contribution in [2.75, 3.05) is 0 Å². The van der Waals surface area contributed by atoms with Crippen LogP contribution >= 0.6 is 0 Å². The SMILES string of the molecule is Cc1nc(CNCc2ccccc2CC(=O)O)oc1C. The number of nitrogens with zero attached hydrogens (tertiary/aromatic N) is 1. The Morgan fingerprint density at radius 2 is 1.95 bits per heavy atom. The summed E-state index contributed by atoms with van der Waals surface area (Å²) in [4.78, 5) is 15.1. The molecule has 0 amide bonds. The normalized spacial score (nSPS) is 10.7. The van der Waals surface area contributed by atoms with Gasteiger partial charge in [-0.3, -0.25) is 4.79 Å². The fourth-order valence-electron chi connectivity index (χ4n) is 1.98. The lowest BCUT2D eigenvalue weighted by molar-refractivity contribution is -0.136. The first-order valence-electron chi connectivity index (χ1n) is 6.48. The minimum Gasteiger partial charge on any atom is -0.481 e. The van der Waals surface area contributed by atoms with Crippen molar-refractivity contribution >= 4 is 5.97 Å². The van der Waals surface area contributed by atoms with Gasteiger partial charge in [-0.1, -0.05) is 24.3 Å². The Morgan fingerprint density at radius 1 is 1.25 bits per heavy atom. The fourth-order valence-corrected chi connectivity index (χ4v) is 1.98. The van der Waals surface area contributed by atoms with Crippen molar-refractivity contribution in [2.24, 2.45) is 0 Å². The molecular weight excluding hydrogens is 256 g/mol. The molecular formula is C15H18N2O3. The van der Waals surface area contributed by atoms with Crippen LogP contribution in [0.1, 0.15) is 28.5 Å². The van der Waals surface area contributed by atoms with Gasteiger partial charge in [0.05, 0.1) is 18.7 Å². The first-order chi connectivity index (χ1) is 9.56. The molecule has 2 aromatic rings. The molecule has 0 aliphatic rings. The predicted molar refractivity (Wildman–Crippen MR) is 74.3 cm³/mol. The monoisotopic (exact) mass is 274 g/mol. The summed E-state index contributed by atoms with van der Waals surface area (Å²) in [7, 11) is 0. The number of aryl methyl sites for hydroxylation is 2. The van der Waals surface area contributed by atoms with E-state index in [4.69, 9.17) is 9.52 Å². The first kappa shape index (κ1) is 14.3. The van der Waals surface area contributed by atoms with Gasteiger partial charge in [-0.25, -0.2) is 4.98 Å². The molecule has 5 nitrogen and oxygen atoms in total. The summed E-state index contributed by atoms with van der Waals surface area (Å²) in [6.45, 7) is 4.90. The van der Waals surface area contributed by atoms with Crippen LogP contribution in [0.3, 0.4) is 0 Å². The molecule has 0 atom stereocenters. The van der Waals surface area contributed by atoms with Crippen LogP contribution in [0.2, 0.25) is 0 Å². The second kappa shape index (κ2) is 6.34. The summed E-state index contributed by atoms with van der Waals surface area (Å²) in [5, 5.41) is 12.1. The average molecular weight is 274 g/mol. The van der Waals surface area contributed by atoms with E-state index in [1.54, 1.807) is 0 Å². The molecule has 0 spiro atoms. The second-order valence-electron chi connectivity index (χ2n) is 4.69. The van der Waals surface area contributed by atoms with E-state index in [1.807, 2.05) is 38.1 Å². The van der Waals surface area contributed by atoms with Crippen LogP contribution in [0.5, 0.6) is 0 Å². The van der Waals surface area contributed by atoms with Crippen LogP contribution in [0, 0.1) is 13.8 Å². The lowest BCUT2D eigenvalue weighted by Crippen LogP contribution is -2.15. The Morgan fingerprint density at radius 3 is 2.55 bits per heavy atom. The van der Waals surface area contributed by atoms with Crippen LogP contribution in [-0.2, 0) is 24.3 Å². The van der Waals surface area contributed by atoms with Crippen molar-refractivity contribution in [1.82, 2.24) is 10.3 Å². The number of carboxylic acids is 1. The fraction of sp³-hybridized carbons (Fsp3) is 0.333. The number of hydrogen-bond acceptors (Lipinski definition) is 4. The molecule has 1 aromatic heterocycles. The van der Waals surface area contributed by atoms with Gasteiger partial charge in [0.15, 0.2) is 0 Å². The highest BCUT2D eigenvalue weighted by molar-refractivity contribution is 5.70.